The van der Waals surface area contributed by atoms with Crippen molar-refractivity contribution in [3.05, 3.63) is 59.7 Å². The maximum Gasteiger partial charge on any atom is 0.120 e. The first-order valence-corrected chi connectivity index (χ1v) is 6.34. The van der Waals surface area contributed by atoms with E-state index < -0.39 is 0 Å². The average Bonchev–Trinajstić information content (AvgIpc) is 2.58. The van der Waals surface area contributed by atoms with Crippen molar-refractivity contribution in [1.29, 1.82) is 21.3 Å². The van der Waals surface area contributed by atoms with E-state index in [0.717, 1.165) is 11.1 Å². The molecule has 0 fully saturated rings. The van der Waals surface area contributed by atoms with Gasteiger partial charge in [-0.3, -0.25) is 10.8 Å². The van der Waals surface area contributed by atoms with Gasteiger partial charge in [0.2, 0.25) is 0 Å². The molecule has 0 unspecified atom stereocenters. The van der Waals surface area contributed by atoms with Crippen LogP contribution in [0.5, 0.6) is 0 Å². The van der Waals surface area contributed by atoms with Crippen molar-refractivity contribution in [3.63, 3.8) is 0 Å². The topological polar surface area (TPSA) is 95.3 Å². The summed E-state index contributed by atoms with van der Waals surface area (Å²) in [7, 11) is 0. The maximum absolute atomic E-state index is 8.88. The number of rotatable bonds is 3. The first kappa shape index (κ1) is 14.7. The van der Waals surface area contributed by atoms with Crippen molar-refractivity contribution in [2.45, 2.75) is 0 Å². The van der Waals surface area contributed by atoms with E-state index in [0.29, 0.717) is 11.1 Å². The molecule has 22 heavy (non-hydrogen) atoms. The van der Waals surface area contributed by atoms with Crippen LogP contribution in [0.15, 0.2) is 48.5 Å². The molecular weight excluding hydrogens is 272 g/mol. The summed E-state index contributed by atoms with van der Waals surface area (Å²) in [6.07, 6.45) is 0. The molecule has 0 spiro atoms. The molecule has 2 N–H and O–H groups in total. The van der Waals surface area contributed by atoms with Gasteiger partial charge in [-0.1, -0.05) is 48.5 Å². The summed E-state index contributed by atoms with van der Waals surface area (Å²) in [5.41, 5.74) is 3.59. The van der Waals surface area contributed by atoms with E-state index in [9.17, 15) is 0 Å². The van der Waals surface area contributed by atoms with Crippen LogP contribution in [0.4, 0.5) is 0 Å². The number of hydrogen-bond acceptors (Lipinski definition) is 4. The van der Waals surface area contributed by atoms with Crippen LogP contribution in [0.3, 0.4) is 0 Å². The van der Waals surface area contributed by atoms with Crippen molar-refractivity contribution in [1.82, 2.24) is 0 Å². The third-order valence-corrected chi connectivity index (χ3v) is 3.15. The first-order chi connectivity index (χ1) is 10.7. The van der Waals surface area contributed by atoms with Gasteiger partial charge in [-0.25, -0.2) is 0 Å². The molecule has 4 heteroatoms. The molecule has 4 nitrogen and oxygen atoms in total. The van der Waals surface area contributed by atoms with Crippen molar-refractivity contribution >= 4 is 22.9 Å². The van der Waals surface area contributed by atoms with E-state index in [1.165, 1.54) is 0 Å². The second-order valence-corrected chi connectivity index (χ2v) is 4.38. The summed E-state index contributed by atoms with van der Waals surface area (Å²) in [5, 5.41) is 31.9. The molecule has 0 atom stereocenters. The van der Waals surface area contributed by atoms with E-state index in [2.05, 4.69) is 11.7 Å². The Balaban J connectivity index is 2.34. The lowest BCUT2D eigenvalue weighted by atomic mass is 9.99. The monoisotopic (exact) mass is 282 g/mol. The molecule has 0 aliphatic carbocycles. The highest BCUT2D eigenvalue weighted by atomic mass is 14.3. The maximum atomic E-state index is 8.88. The minimum absolute atomic E-state index is 0.191. The van der Waals surface area contributed by atoms with E-state index >= 15 is 0 Å². The van der Waals surface area contributed by atoms with Gasteiger partial charge in [0.1, 0.15) is 23.3 Å². The van der Waals surface area contributed by atoms with Crippen molar-refractivity contribution in [3.8, 4) is 23.3 Å². The molecule has 0 aliphatic rings. The van der Waals surface area contributed by atoms with Gasteiger partial charge in [0, 0.05) is 11.1 Å². The van der Waals surface area contributed by atoms with Crippen molar-refractivity contribution in [2.75, 3.05) is 0 Å². The van der Waals surface area contributed by atoms with Gasteiger partial charge < -0.3 is 0 Å². The van der Waals surface area contributed by atoms with Gasteiger partial charge in [-0.05, 0) is 22.9 Å². The van der Waals surface area contributed by atoms with Crippen LogP contribution in [0.25, 0.3) is 22.3 Å². The molecule has 0 aromatic heterocycles. The normalized spacial score (nSPS) is 8.82. The second-order valence-electron chi connectivity index (χ2n) is 4.38. The van der Waals surface area contributed by atoms with Crippen molar-refractivity contribution in [2.24, 2.45) is 0 Å². The summed E-state index contributed by atoms with van der Waals surface area (Å²) < 4.78 is 0. The number of nitriles is 2. The minimum Gasteiger partial charge on any atom is -0.258 e. The van der Waals surface area contributed by atoms with Gasteiger partial charge in [-0.15, -0.1) is 0 Å². The molecule has 2 aromatic carbocycles. The molecule has 0 saturated heterocycles. The van der Waals surface area contributed by atoms with Crippen LogP contribution < -0.4 is 0 Å². The third kappa shape index (κ3) is 2.90. The minimum atomic E-state index is 0.191. The zero-order valence-electron chi connectivity index (χ0n) is 11.5. The Kier molecular flexibility index (Phi) is 4.46. The number of nitrogens with one attached hydrogen (secondary N) is 2. The van der Waals surface area contributed by atoms with Gasteiger partial charge in [0.15, 0.2) is 0 Å². The Morgan fingerprint density at radius 2 is 0.955 bits per heavy atom. The predicted octanol–water partition coefficient (Wildman–Crippen LogP) is 3.66. The van der Waals surface area contributed by atoms with Crippen LogP contribution in [0.1, 0.15) is 11.1 Å². The van der Waals surface area contributed by atoms with Crippen LogP contribution >= 0.6 is 0 Å². The standard InChI is InChI=1S/C18H10N4/c19-9-17(10-20)15-5-1-13(2-6-15)14-3-7-16(8-4-14)18(11-21)12-22/h1-8,19,21H. The highest BCUT2D eigenvalue weighted by molar-refractivity contribution is 5.97. The van der Waals surface area contributed by atoms with Crippen LogP contribution in [-0.4, -0.2) is 11.7 Å². The summed E-state index contributed by atoms with van der Waals surface area (Å²) in [5.74, 6) is 4.22. The Morgan fingerprint density at radius 3 is 1.18 bits per heavy atom. The summed E-state index contributed by atoms with van der Waals surface area (Å²) in [6.45, 7) is 0. The van der Waals surface area contributed by atoms with Crippen LogP contribution in [0, 0.1) is 33.5 Å². The predicted molar refractivity (Wildman–Crippen MR) is 85.4 cm³/mol. The molecule has 0 amide bonds. The molecule has 0 saturated carbocycles. The number of hydrogen-bond donors (Lipinski definition) is 2. The summed E-state index contributed by atoms with van der Waals surface area (Å²) >= 11 is 0. The second kappa shape index (κ2) is 6.66. The molecule has 0 aliphatic heterocycles. The zero-order chi connectivity index (χ0) is 15.9. The van der Waals surface area contributed by atoms with E-state index in [1.54, 1.807) is 24.3 Å². The molecule has 0 heterocycles. The Labute approximate surface area is 127 Å². The number of nitrogens with zero attached hydrogens (tertiary/aromatic N) is 2. The summed E-state index contributed by atoms with van der Waals surface area (Å²) in [4.78, 5) is 0. The highest BCUT2D eigenvalue weighted by Gasteiger charge is 2.04. The van der Waals surface area contributed by atoms with E-state index in [1.807, 2.05) is 36.4 Å². The Bertz CT molecular complexity index is 801. The Morgan fingerprint density at radius 1 is 0.636 bits per heavy atom. The largest absolute Gasteiger partial charge is 0.258 e. The van der Waals surface area contributed by atoms with Gasteiger partial charge in [0.25, 0.3) is 0 Å². The van der Waals surface area contributed by atoms with Gasteiger partial charge >= 0.3 is 0 Å². The van der Waals surface area contributed by atoms with Crippen molar-refractivity contribution < 1.29 is 0 Å². The smallest absolute Gasteiger partial charge is 0.120 e. The number of benzene rings is 2. The van der Waals surface area contributed by atoms with E-state index in [-0.39, 0.29) is 11.1 Å². The average molecular weight is 282 g/mol. The lowest BCUT2D eigenvalue weighted by Crippen LogP contribution is -1.85. The molecule has 0 radical (unpaired) electrons. The SMILES string of the molecule is N#CC(=C=N)c1ccc(-c2ccc(C(=C=N)C#N)cc2)cc1. The van der Waals surface area contributed by atoms with Crippen LogP contribution in [0.2, 0.25) is 0 Å². The summed E-state index contributed by atoms with van der Waals surface area (Å²) in [6, 6.07) is 18.3. The lowest BCUT2D eigenvalue weighted by molar-refractivity contribution is 1.51. The fourth-order valence-corrected chi connectivity index (χ4v) is 1.99. The molecule has 102 valence electrons. The van der Waals surface area contributed by atoms with Gasteiger partial charge in [-0.2, -0.15) is 10.5 Å². The molecule has 0 bridgehead atoms. The zero-order valence-corrected chi connectivity index (χ0v) is 11.5. The third-order valence-electron chi connectivity index (χ3n) is 3.15. The molecular formula is C18H10N4. The lowest BCUT2D eigenvalue weighted by Gasteiger charge is -2.04. The Hall–Kier alpha value is -3.68. The van der Waals surface area contributed by atoms with Gasteiger partial charge in [0.05, 0.1) is 0 Å². The van der Waals surface area contributed by atoms with Crippen LogP contribution in [-0.2, 0) is 0 Å². The first-order valence-electron chi connectivity index (χ1n) is 6.34. The quantitative estimate of drug-likeness (QED) is 0.663. The van der Waals surface area contributed by atoms with E-state index in [4.69, 9.17) is 21.3 Å². The fraction of sp³-hybridized carbons (Fsp3) is 0. The number of allylic oxidation sites excluding steroid dienone is 2. The molecule has 2 aromatic rings. The molecule has 2 rings (SSSR count). The highest BCUT2D eigenvalue weighted by Crippen LogP contribution is 2.23. The fourth-order valence-electron chi connectivity index (χ4n) is 1.99.